The SMILES string of the molecule is Cc1ccc(N2C(=S)N(c3ccc(C#N)c(C(F)(F)F)c3)C(=NC=N)C23CCC3)cc1. The second kappa shape index (κ2) is 7.46. The van der Waals surface area contributed by atoms with E-state index in [1.807, 2.05) is 36.1 Å². The van der Waals surface area contributed by atoms with Crippen molar-refractivity contribution in [2.24, 2.45) is 4.99 Å². The summed E-state index contributed by atoms with van der Waals surface area (Å²) in [6, 6.07) is 12.8. The standard InChI is InChI=1S/C22H18F3N5S/c1-14-3-6-16(7-4-14)30-20(31)29(19(28-13-27)21(30)9-2-10-21)17-8-5-15(12-26)18(11-17)22(23,24)25/h3-8,11,13,27H,2,9-10H2,1H3. The van der Waals surface area contributed by atoms with Crippen LogP contribution in [0.5, 0.6) is 0 Å². The Morgan fingerprint density at radius 2 is 1.81 bits per heavy atom. The van der Waals surface area contributed by atoms with Gasteiger partial charge in [-0.2, -0.15) is 18.4 Å². The van der Waals surface area contributed by atoms with Crippen molar-refractivity contribution < 1.29 is 13.2 Å². The maximum Gasteiger partial charge on any atom is 0.417 e. The number of anilines is 2. The minimum atomic E-state index is -4.69. The van der Waals surface area contributed by atoms with Gasteiger partial charge in [-0.3, -0.25) is 10.3 Å². The third-order valence-electron chi connectivity index (χ3n) is 5.79. The van der Waals surface area contributed by atoms with Crippen LogP contribution in [0.15, 0.2) is 47.5 Å². The number of aliphatic imine (C=N–C) groups is 1. The first-order valence-electron chi connectivity index (χ1n) is 9.62. The van der Waals surface area contributed by atoms with Crippen molar-refractivity contribution in [1.29, 1.82) is 10.7 Å². The minimum Gasteiger partial charge on any atom is -0.305 e. The first-order valence-corrected chi connectivity index (χ1v) is 10.0. The van der Waals surface area contributed by atoms with Crippen LogP contribution in [0, 0.1) is 23.7 Å². The zero-order valence-corrected chi connectivity index (χ0v) is 17.4. The molecule has 2 aromatic rings. The average Bonchev–Trinajstić information content (AvgIpc) is 2.96. The van der Waals surface area contributed by atoms with Crippen LogP contribution >= 0.6 is 12.2 Å². The smallest absolute Gasteiger partial charge is 0.305 e. The summed E-state index contributed by atoms with van der Waals surface area (Å²) < 4.78 is 40.7. The molecule has 158 valence electrons. The lowest BCUT2D eigenvalue weighted by molar-refractivity contribution is -0.137. The topological polar surface area (TPSA) is 66.5 Å². The van der Waals surface area contributed by atoms with Crippen molar-refractivity contribution in [3.8, 4) is 6.07 Å². The number of nitriles is 1. The average molecular weight is 441 g/mol. The van der Waals surface area contributed by atoms with E-state index in [0.717, 1.165) is 36.1 Å². The van der Waals surface area contributed by atoms with E-state index in [1.165, 1.54) is 11.0 Å². The second-order valence-corrected chi connectivity index (χ2v) is 7.96. The van der Waals surface area contributed by atoms with Gasteiger partial charge >= 0.3 is 6.18 Å². The number of benzene rings is 2. The summed E-state index contributed by atoms with van der Waals surface area (Å²) in [6.07, 6.45) is -1.46. The lowest BCUT2D eigenvalue weighted by Crippen LogP contribution is -2.55. The molecular formula is C22H18F3N5S. The zero-order valence-electron chi connectivity index (χ0n) is 16.6. The molecular weight excluding hydrogens is 423 g/mol. The van der Waals surface area contributed by atoms with E-state index >= 15 is 0 Å². The van der Waals surface area contributed by atoms with Gasteiger partial charge in [-0.05, 0) is 68.7 Å². The molecule has 0 unspecified atom stereocenters. The highest BCUT2D eigenvalue weighted by molar-refractivity contribution is 7.81. The Kier molecular flexibility index (Phi) is 5.06. The molecule has 1 heterocycles. The third-order valence-corrected chi connectivity index (χ3v) is 6.15. The van der Waals surface area contributed by atoms with Gasteiger partial charge in [-0.1, -0.05) is 17.7 Å². The second-order valence-electron chi connectivity index (χ2n) is 7.60. The van der Waals surface area contributed by atoms with Crippen LogP contribution in [0.4, 0.5) is 24.5 Å². The van der Waals surface area contributed by atoms with E-state index in [-0.39, 0.29) is 5.69 Å². The molecule has 2 aromatic carbocycles. The van der Waals surface area contributed by atoms with Crippen molar-refractivity contribution in [3.05, 3.63) is 59.2 Å². The maximum atomic E-state index is 13.6. The molecule has 1 N–H and O–H groups in total. The molecule has 1 saturated carbocycles. The van der Waals surface area contributed by atoms with Crippen LogP contribution in [0.2, 0.25) is 0 Å². The fourth-order valence-corrected chi connectivity index (χ4v) is 4.64. The number of hydrogen-bond donors (Lipinski definition) is 1. The molecule has 1 aliphatic carbocycles. The van der Waals surface area contributed by atoms with Crippen molar-refractivity contribution in [2.75, 3.05) is 9.80 Å². The molecule has 0 radical (unpaired) electrons. The van der Waals surface area contributed by atoms with Crippen molar-refractivity contribution in [1.82, 2.24) is 0 Å². The van der Waals surface area contributed by atoms with Crippen LogP contribution in [-0.2, 0) is 6.18 Å². The summed E-state index contributed by atoms with van der Waals surface area (Å²) in [4.78, 5) is 7.67. The first-order chi connectivity index (χ1) is 14.7. The summed E-state index contributed by atoms with van der Waals surface area (Å²) in [7, 11) is 0. The summed E-state index contributed by atoms with van der Waals surface area (Å²) in [5.74, 6) is 0.428. The highest BCUT2D eigenvalue weighted by Gasteiger charge is 2.57. The number of amidine groups is 1. The number of nitrogens with one attached hydrogen (secondary N) is 1. The Hall–Kier alpha value is -3.25. The Morgan fingerprint density at radius 1 is 1.16 bits per heavy atom. The summed E-state index contributed by atoms with van der Waals surface area (Å²) in [5.41, 5.74) is -0.0424. The van der Waals surface area contributed by atoms with Gasteiger partial charge in [0.05, 0.1) is 22.9 Å². The van der Waals surface area contributed by atoms with Gasteiger partial charge in [0.15, 0.2) is 5.11 Å². The Balaban J connectivity index is 1.89. The largest absolute Gasteiger partial charge is 0.417 e. The van der Waals surface area contributed by atoms with E-state index in [2.05, 4.69) is 4.99 Å². The van der Waals surface area contributed by atoms with Crippen LogP contribution < -0.4 is 9.80 Å². The molecule has 1 aliphatic heterocycles. The predicted octanol–water partition coefficient (Wildman–Crippen LogP) is 5.43. The predicted molar refractivity (Wildman–Crippen MR) is 118 cm³/mol. The molecule has 2 aliphatic rings. The van der Waals surface area contributed by atoms with Crippen molar-refractivity contribution in [2.45, 2.75) is 37.9 Å². The third kappa shape index (κ3) is 3.27. The lowest BCUT2D eigenvalue weighted by atomic mass is 9.74. The molecule has 0 atom stereocenters. The minimum absolute atomic E-state index is 0.165. The number of rotatable bonds is 3. The van der Waals surface area contributed by atoms with Crippen molar-refractivity contribution in [3.63, 3.8) is 0 Å². The van der Waals surface area contributed by atoms with E-state index in [9.17, 15) is 13.2 Å². The van der Waals surface area contributed by atoms with E-state index < -0.39 is 22.8 Å². The quantitative estimate of drug-likeness (QED) is 0.392. The summed E-state index contributed by atoms with van der Waals surface area (Å²) in [6.45, 7) is 1.97. The lowest BCUT2D eigenvalue weighted by Gasteiger charge is -2.44. The van der Waals surface area contributed by atoms with Crippen LogP contribution in [-0.4, -0.2) is 22.8 Å². The summed E-state index contributed by atoms with van der Waals surface area (Å²) >= 11 is 5.75. The van der Waals surface area contributed by atoms with Gasteiger partial charge in [0, 0.05) is 5.69 Å². The van der Waals surface area contributed by atoms with Gasteiger partial charge < -0.3 is 4.90 Å². The van der Waals surface area contributed by atoms with Gasteiger partial charge in [-0.15, -0.1) is 0 Å². The number of thiocarbonyl (C=S) groups is 1. The van der Waals surface area contributed by atoms with E-state index in [1.54, 1.807) is 6.07 Å². The molecule has 0 amide bonds. The van der Waals surface area contributed by atoms with Gasteiger partial charge in [0.2, 0.25) is 0 Å². The first kappa shape index (κ1) is 21.0. The Labute approximate surface area is 182 Å². The number of aryl methyl sites for hydroxylation is 1. The Morgan fingerprint density at radius 3 is 2.32 bits per heavy atom. The molecule has 0 bridgehead atoms. The van der Waals surface area contributed by atoms with Crippen LogP contribution in [0.3, 0.4) is 0 Å². The fraction of sp³-hybridized carbons (Fsp3) is 0.273. The maximum absolute atomic E-state index is 13.6. The highest BCUT2D eigenvalue weighted by Crippen LogP contribution is 2.49. The van der Waals surface area contributed by atoms with Gasteiger partial charge in [0.25, 0.3) is 0 Å². The van der Waals surface area contributed by atoms with E-state index in [0.29, 0.717) is 23.8 Å². The monoisotopic (exact) mass is 441 g/mol. The van der Waals surface area contributed by atoms with Gasteiger partial charge in [0.1, 0.15) is 17.7 Å². The summed E-state index contributed by atoms with van der Waals surface area (Å²) in [5, 5.41) is 17.0. The fourth-order valence-electron chi connectivity index (χ4n) is 4.17. The number of hydrogen-bond acceptors (Lipinski definition) is 3. The number of halogens is 3. The van der Waals surface area contributed by atoms with Gasteiger partial charge in [-0.25, -0.2) is 4.99 Å². The molecule has 0 aromatic heterocycles. The number of nitrogens with zero attached hydrogens (tertiary/aromatic N) is 4. The molecule has 9 heteroatoms. The Bertz CT molecular complexity index is 1130. The molecule has 1 saturated heterocycles. The molecule has 2 fully saturated rings. The van der Waals surface area contributed by atoms with Crippen molar-refractivity contribution >= 4 is 40.9 Å². The highest BCUT2D eigenvalue weighted by atomic mass is 32.1. The van der Waals surface area contributed by atoms with Crippen LogP contribution in [0.1, 0.15) is 36.0 Å². The molecule has 5 nitrogen and oxygen atoms in total. The molecule has 1 spiro atoms. The van der Waals surface area contributed by atoms with E-state index in [4.69, 9.17) is 22.9 Å². The van der Waals surface area contributed by atoms with Crippen LogP contribution in [0.25, 0.3) is 0 Å². The molecule has 31 heavy (non-hydrogen) atoms. The zero-order chi connectivity index (χ0) is 22.4. The normalized spacial score (nSPS) is 18.9. The molecule has 4 rings (SSSR count). The number of alkyl halides is 3.